The van der Waals surface area contributed by atoms with Crippen LogP contribution < -0.4 is 0 Å². The Bertz CT molecular complexity index is 212. The third-order valence-corrected chi connectivity index (χ3v) is 2.55. The number of ether oxygens (including phenoxy) is 2. The summed E-state index contributed by atoms with van der Waals surface area (Å²) in [7, 11) is 5.40. The summed E-state index contributed by atoms with van der Waals surface area (Å²) in [5, 5.41) is 16.0. The topological polar surface area (TPSA) is 79.2 Å². The predicted octanol–water partition coefficient (Wildman–Crippen LogP) is 0.335. The molecule has 0 saturated carbocycles. The van der Waals surface area contributed by atoms with E-state index in [1.807, 2.05) is 4.90 Å². The van der Waals surface area contributed by atoms with Gasteiger partial charge in [-0.15, -0.1) is 0 Å². The first-order valence-corrected chi connectivity index (χ1v) is 5.96. The molecule has 1 unspecified atom stereocenters. The van der Waals surface area contributed by atoms with Crippen LogP contribution in [-0.2, 0) is 14.3 Å². The van der Waals surface area contributed by atoms with Crippen molar-refractivity contribution in [3.05, 3.63) is 14.2 Å². The van der Waals surface area contributed by atoms with Gasteiger partial charge in [-0.1, -0.05) is 0 Å². The summed E-state index contributed by atoms with van der Waals surface area (Å²) >= 11 is 0. The SMILES string of the molecule is [CH2-]O.[CH2-]OCC(O)COCC(=O)N1CCCCC1.[Rf]. The molecule has 0 radical (unpaired) electrons. The van der Waals surface area contributed by atoms with Crippen LogP contribution in [0.2, 0.25) is 0 Å². The monoisotopic (exact) mass is 528 g/mol. The van der Waals surface area contributed by atoms with Crippen molar-refractivity contribution in [3.8, 4) is 0 Å². The zero-order chi connectivity index (χ0) is 13.8. The van der Waals surface area contributed by atoms with Crippen molar-refractivity contribution in [1.29, 1.82) is 0 Å². The average molecular weight is 528 g/mol. The fraction of sp³-hybridized carbons (Fsp3) is 0.750. The number of rotatable bonds is 6. The Labute approximate surface area is 108 Å². The number of aliphatic hydroxyl groups is 2. The van der Waals surface area contributed by atoms with Gasteiger partial charge in [-0.25, -0.2) is 14.2 Å². The minimum atomic E-state index is -0.716. The number of aliphatic hydroxyl groups excluding tert-OH is 2. The molecule has 2 N–H and O–H groups in total. The Morgan fingerprint density at radius 2 is 1.79 bits per heavy atom. The number of nitrogens with zero attached hydrogens (tertiary/aromatic N) is 1. The third kappa shape index (κ3) is 8.96. The van der Waals surface area contributed by atoms with Gasteiger partial charge >= 0.3 is 0 Å². The van der Waals surface area contributed by atoms with Crippen LogP contribution in [0.15, 0.2) is 0 Å². The van der Waals surface area contributed by atoms with Crippen molar-refractivity contribution in [2.75, 3.05) is 32.9 Å². The fourth-order valence-corrected chi connectivity index (χ4v) is 1.70. The number of carbonyl (C=O) groups is 1. The molecule has 0 aromatic heterocycles. The molecule has 1 rings (SSSR count). The molecule has 110 valence electrons. The van der Waals surface area contributed by atoms with E-state index in [9.17, 15) is 9.90 Å². The van der Waals surface area contributed by atoms with Crippen LogP contribution in [0.1, 0.15) is 19.3 Å². The molecule has 1 amide bonds. The second-order valence-electron chi connectivity index (χ2n) is 3.98. The van der Waals surface area contributed by atoms with Crippen LogP contribution in [0.4, 0.5) is 0 Å². The molecule has 19 heavy (non-hydrogen) atoms. The quantitative estimate of drug-likeness (QED) is 0.487. The van der Waals surface area contributed by atoms with Gasteiger partial charge in [0.2, 0.25) is 5.91 Å². The molecule has 0 aromatic rings. The molecule has 7 heteroatoms. The maximum Gasteiger partial charge on any atom is 0.248 e. The van der Waals surface area contributed by atoms with E-state index in [-0.39, 0.29) is 25.7 Å². The van der Waals surface area contributed by atoms with Gasteiger partial charge < -0.3 is 24.6 Å². The van der Waals surface area contributed by atoms with Crippen molar-refractivity contribution >= 4 is 5.91 Å². The molecular formula is C12H23NO5Rf-2. The van der Waals surface area contributed by atoms with Crippen molar-refractivity contribution < 1.29 is 24.5 Å². The molecule has 1 aliphatic rings. The maximum atomic E-state index is 11.6. The molecule has 0 spiro atoms. The van der Waals surface area contributed by atoms with E-state index >= 15 is 0 Å². The van der Waals surface area contributed by atoms with Crippen molar-refractivity contribution in [3.63, 3.8) is 0 Å². The Morgan fingerprint density at radius 1 is 1.21 bits per heavy atom. The number of hydrogen-bond acceptors (Lipinski definition) is 5. The summed E-state index contributed by atoms with van der Waals surface area (Å²) < 4.78 is 9.62. The Kier molecular flexibility index (Phi) is 13.2. The number of carbonyl (C=O) groups excluding carboxylic acids is 1. The van der Waals surface area contributed by atoms with Gasteiger partial charge in [0, 0.05) is 19.7 Å². The van der Waals surface area contributed by atoms with Gasteiger partial charge in [0.15, 0.2) is 0 Å². The molecule has 0 bridgehead atoms. The van der Waals surface area contributed by atoms with E-state index < -0.39 is 6.10 Å². The molecule has 1 heterocycles. The molecule has 1 aliphatic heterocycles. The molecular weight excluding hydrogens is 505 g/mol. The molecule has 1 atom stereocenters. The summed E-state index contributed by atoms with van der Waals surface area (Å²) in [4.78, 5) is 13.4. The normalized spacial score (nSPS) is 15.9. The standard InChI is InChI=1S/C11H20NO4.CH3O.Rf/c1-15-7-10(13)8-16-9-11(14)12-5-3-2-4-6-12;1-2;/h10,13H,1-9H2;2H,1H2;/q2*-1;. The molecule has 1 fully saturated rings. The number of piperidine rings is 1. The Morgan fingerprint density at radius 3 is 2.32 bits per heavy atom. The summed E-state index contributed by atoms with van der Waals surface area (Å²) in [6, 6.07) is 0. The van der Waals surface area contributed by atoms with Crippen LogP contribution >= 0.6 is 0 Å². The second-order valence-corrected chi connectivity index (χ2v) is 3.98. The summed E-state index contributed by atoms with van der Waals surface area (Å²) in [6.45, 7) is 1.92. The van der Waals surface area contributed by atoms with Gasteiger partial charge in [-0.05, 0) is 19.3 Å². The Hall–Kier alpha value is -1.69. The summed E-state index contributed by atoms with van der Waals surface area (Å²) in [5.41, 5.74) is 0. The first kappa shape index (κ1) is 19.6. The van der Waals surface area contributed by atoms with Gasteiger partial charge in [0.05, 0.1) is 12.7 Å². The van der Waals surface area contributed by atoms with E-state index in [2.05, 4.69) is 19.0 Å². The van der Waals surface area contributed by atoms with E-state index in [1.165, 1.54) is 6.42 Å². The molecule has 0 aromatic carbocycles. The third-order valence-electron chi connectivity index (χ3n) is 2.55. The van der Waals surface area contributed by atoms with Gasteiger partial charge in [-0.2, -0.15) is 0 Å². The second kappa shape index (κ2) is 12.8. The molecule has 0 aliphatic carbocycles. The number of amides is 1. The smallest absolute Gasteiger partial charge is 0.248 e. The minimum Gasteiger partial charge on any atom is -0.569 e. The van der Waals surface area contributed by atoms with E-state index in [4.69, 9.17) is 9.84 Å². The Balaban J connectivity index is 0. The summed E-state index contributed by atoms with van der Waals surface area (Å²) in [6.07, 6.45) is 2.63. The predicted molar refractivity (Wildman–Crippen MR) is 65.9 cm³/mol. The van der Waals surface area contributed by atoms with Crippen LogP contribution in [-0.4, -0.2) is 60.0 Å². The minimum absolute atomic E-state index is 0. The zero-order valence-corrected chi connectivity index (χ0v) is 17.8. The van der Waals surface area contributed by atoms with Crippen LogP contribution in [0.25, 0.3) is 0 Å². The van der Waals surface area contributed by atoms with Crippen LogP contribution in [0, 0.1) is 14.2 Å². The van der Waals surface area contributed by atoms with Gasteiger partial charge in [0.25, 0.3) is 0 Å². The fourth-order valence-electron chi connectivity index (χ4n) is 1.70. The molecule has 6 nitrogen and oxygen atoms in total. The van der Waals surface area contributed by atoms with Gasteiger partial charge in [-0.3, -0.25) is 4.79 Å². The van der Waals surface area contributed by atoms with E-state index in [0.29, 0.717) is 0 Å². The van der Waals surface area contributed by atoms with Crippen LogP contribution in [0.5, 0.6) is 0 Å². The van der Waals surface area contributed by atoms with E-state index in [1.54, 1.807) is 0 Å². The first-order chi connectivity index (χ1) is 8.74. The van der Waals surface area contributed by atoms with Crippen molar-refractivity contribution in [2.45, 2.75) is 25.4 Å². The van der Waals surface area contributed by atoms with Crippen molar-refractivity contribution in [2.24, 2.45) is 0 Å². The zero-order valence-electron chi connectivity index (χ0n) is 11.4. The van der Waals surface area contributed by atoms with Crippen LogP contribution in [0.3, 0.4) is 0 Å². The maximum absolute atomic E-state index is 11.6. The summed E-state index contributed by atoms with van der Waals surface area (Å²) in [5.74, 6) is 0.00226. The van der Waals surface area contributed by atoms with Crippen molar-refractivity contribution in [1.82, 2.24) is 4.90 Å². The largest absolute Gasteiger partial charge is 0.569 e. The molecule has 1 saturated heterocycles. The van der Waals surface area contributed by atoms with Gasteiger partial charge in [0.1, 0.15) is 6.61 Å². The first-order valence-electron chi connectivity index (χ1n) is 5.96. The average Bonchev–Trinajstić information content (AvgIpc) is 2.42. The number of likely N-dealkylation sites (tertiary alicyclic amines) is 1. The number of hydrogen-bond donors (Lipinski definition) is 2. The van der Waals surface area contributed by atoms with E-state index in [0.717, 1.165) is 25.9 Å².